The van der Waals surface area contributed by atoms with Crippen LogP contribution in [0.15, 0.2) is 18.3 Å². The number of aryl methyl sites for hydroxylation is 1. The second kappa shape index (κ2) is 5.96. The summed E-state index contributed by atoms with van der Waals surface area (Å²) in [6.45, 7) is 2.26. The minimum Gasteiger partial charge on any atom is -0.478 e. The van der Waals surface area contributed by atoms with E-state index in [1.807, 2.05) is 6.92 Å². The third-order valence-electron chi connectivity index (χ3n) is 2.69. The zero-order chi connectivity index (χ0) is 14.7. The van der Waals surface area contributed by atoms with Crippen molar-refractivity contribution in [3.63, 3.8) is 0 Å². The highest BCUT2D eigenvalue weighted by atomic mass is 32.1. The number of carboxylic acids is 1. The molecule has 20 heavy (non-hydrogen) atoms. The van der Waals surface area contributed by atoms with E-state index in [4.69, 9.17) is 5.11 Å². The fourth-order valence-corrected chi connectivity index (χ4v) is 2.42. The number of hydrogen-bond donors (Lipinski definition) is 2. The number of aromatic nitrogens is 1. The van der Waals surface area contributed by atoms with Crippen LogP contribution in [0, 0.1) is 11.6 Å². The molecule has 106 valence electrons. The second-order valence-electron chi connectivity index (χ2n) is 4.02. The largest absolute Gasteiger partial charge is 0.478 e. The molecule has 2 N–H and O–H groups in total. The number of benzene rings is 1. The van der Waals surface area contributed by atoms with Crippen molar-refractivity contribution in [2.24, 2.45) is 0 Å². The monoisotopic (exact) mass is 298 g/mol. The van der Waals surface area contributed by atoms with Crippen molar-refractivity contribution >= 4 is 23.0 Å². The molecule has 0 atom stereocenters. The van der Waals surface area contributed by atoms with E-state index in [0.717, 1.165) is 22.4 Å². The van der Waals surface area contributed by atoms with Crippen molar-refractivity contribution in [3.8, 4) is 0 Å². The molecule has 0 bridgehead atoms. The Morgan fingerprint density at radius 2 is 2.15 bits per heavy atom. The van der Waals surface area contributed by atoms with Crippen molar-refractivity contribution < 1.29 is 18.7 Å². The number of carboxylic acid groups (broad SMARTS) is 1. The van der Waals surface area contributed by atoms with Crippen LogP contribution in [-0.4, -0.2) is 16.1 Å². The Labute approximate surface area is 118 Å². The van der Waals surface area contributed by atoms with Gasteiger partial charge in [0.2, 0.25) is 0 Å². The highest BCUT2D eigenvalue weighted by Crippen LogP contribution is 2.22. The van der Waals surface area contributed by atoms with Gasteiger partial charge in [-0.15, -0.1) is 11.3 Å². The molecule has 0 aliphatic carbocycles. The van der Waals surface area contributed by atoms with Gasteiger partial charge in [-0.25, -0.2) is 18.6 Å². The Balaban J connectivity index is 2.14. The molecule has 7 heteroatoms. The van der Waals surface area contributed by atoms with E-state index >= 15 is 0 Å². The minimum atomic E-state index is -1.50. The smallest absolute Gasteiger partial charge is 0.338 e. The highest BCUT2D eigenvalue weighted by Gasteiger charge is 2.17. The molecule has 1 aromatic carbocycles. The van der Waals surface area contributed by atoms with E-state index in [1.54, 1.807) is 6.20 Å². The average Bonchev–Trinajstić information content (AvgIpc) is 2.88. The Kier molecular flexibility index (Phi) is 4.29. The van der Waals surface area contributed by atoms with Crippen LogP contribution >= 0.6 is 11.3 Å². The molecule has 0 radical (unpaired) electrons. The molecule has 0 spiro atoms. The number of aromatic carboxylic acids is 1. The summed E-state index contributed by atoms with van der Waals surface area (Å²) in [6, 6.07) is 2.23. The first-order valence-corrected chi connectivity index (χ1v) is 6.73. The SMILES string of the molecule is CCc1cnc(CNc2ccc(C(=O)O)c(F)c2F)s1. The zero-order valence-electron chi connectivity index (χ0n) is 10.6. The van der Waals surface area contributed by atoms with Crippen LogP contribution in [0.3, 0.4) is 0 Å². The van der Waals surface area contributed by atoms with Crippen molar-refractivity contribution in [1.82, 2.24) is 4.98 Å². The number of hydrogen-bond acceptors (Lipinski definition) is 4. The third kappa shape index (κ3) is 2.93. The van der Waals surface area contributed by atoms with Crippen LogP contribution < -0.4 is 5.32 Å². The maximum atomic E-state index is 13.7. The summed E-state index contributed by atoms with van der Waals surface area (Å²) >= 11 is 1.49. The van der Waals surface area contributed by atoms with Crippen LogP contribution in [-0.2, 0) is 13.0 Å². The van der Waals surface area contributed by atoms with Crippen LogP contribution in [0.1, 0.15) is 27.2 Å². The Morgan fingerprint density at radius 3 is 2.75 bits per heavy atom. The predicted molar refractivity (Wildman–Crippen MR) is 72.1 cm³/mol. The predicted octanol–water partition coefficient (Wildman–Crippen LogP) is 3.29. The van der Waals surface area contributed by atoms with Crippen LogP contribution in [0.25, 0.3) is 0 Å². The molecule has 0 saturated carbocycles. The first-order valence-electron chi connectivity index (χ1n) is 5.91. The lowest BCUT2D eigenvalue weighted by molar-refractivity contribution is 0.0690. The van der Waals surface area contributed by atoms with E-state index in [0.29, 0.717) is 0 Å². The van der Waals surface area contributed by atoms with Gasteiger partial charge in [0.1, 0.15) is 5.01 Å². The van der Waals surface area contributed by atoms with Crippen molar-refractivity contribution in [2.75, 3.05) is 5.32 Å². The van der Waals surface area contributed by atoms with Gasteiger partial charge in [0, 0.05) is 11.1 Å². The number of carbonyl (C=O) groups is 1. The van der Waals surface area contributed by atoms with E-state index in [-0.39, 0.29) is 12.2 Å². The summed E-state index contributed by atoms with van der Waals surface area (Å²) in [4.78, 5) is 15.9. The lowest BCUT2D eigenvalue weighted by Gasteiger charge is -2.07. The highest BCUT2D eigenvalue weighted by molar-refractivity contribution is 7.11. The van der Waals surface area contributed by atoms with E-state index in [9.17, 15) is 13.6 Å². The second-order valence-corrected chi connectivity index (χ2v) is 5.22. The van der Waals surface area contributed by atoms with Crippen LogP contribution in [0.2, 0.25) is 0 Å². The molecule has 0 aliphatic rings. The number of nitrogens with zero attached hydrogens (tertiary/aromatic N) is 1. The lowest BCUT2D eigenvalue weighted by Crippen LogP contribution is -2.07. The summed E-state index contributed by atoms with van der Waals surface area (Å²) in [5, 5.41) is 12.2. The number of anilines is 1. The summed E-state index contributed by atoms with van der Waals surface area (Å²) in [5.41, 5.74) is -0.767. The van der Waals surface area contributed by atoms with Gasteiger partial charge in [-0.1, -0.05) is 6.92 Å². The summed E-state index contributed by atoms with van der Waals surface area (Å²) in [7, 11) is 0. The van der Waals surface area contributed by atoms with E-state index in [2.05, 4.69) is 10.3 Å². The van der Waals surface area contributed by atoms with E-state index < -0.39 is 23.2 Å². The van der Waals surface area contributed by atoms with Gasteiger partial charge in [0.25, 0.3) is 0 Å². The molecule has 0 aliphatic heterocycles. The van der Waals surface area contributed by atoms with E-state index in [1.165, 1.54) is 17.4 Å². The number of rotatable bonds is 5. The van der Waals surface area contributed by atoms with Gasteiger partial charge in [-0.2, -0.15) is 0 Å². The summed E-state index contributed by atoms with van der Waals surface area (Å²) in [6.07, 6.45) is 2.61. The molecule has 2 aromatic rings. The normalized spacial score (nSPS) is 10.6. The van der Waals surface area contributed by atoms with Crippen molar-refractivity contribution in [2.45, 2.75) is 19.9 Å². The number of halogens is 2. The molecule has 0 fully saturated rings. The van der Waals surface area contributed by atoms with Crippen molar-refractivity contribution in [3.05, 3.63) is 45.4 Å². The minimum absolute atomic E-state index is 0.0826. The van der Waals surface area contributed by atoms with Crippen LogP contribution in [0.4, 0.5) is 14.5 Å². The average molecular weight is 298 g/mol. The molecule has 2 rings (SSSR count). The maximum absolute atomic E-state index is 13.7. The first-order chi connectivity index (χ1) is 9.52. The lowest BCUT2D eigenvalue weighted by atomic mass is 10.2. The quantitative estimate of drug-likeness (QED) is 0.889. The van der Waals surface area contributed by atoms with Crippen LogP contribution in [0.5, 0.6) is 0 Å². The zero-order valence-corrected chi connectivity index (χ0v) is 11.4. The first kappa shape index (κ1) is 14.4. The van der Waals surface area contributed by atoms with Gasteiger partial charge in [-0.05, 0) is 18.6 Å². The van der Waals surface area contributed by atoms with Gasteiger partial charge < -0.3 is 10.4 Å². The molecule has 0 saturated heterocycles. The number of thiazole rings is 1. The van der Waals surface area contributed by atoms with Crippen molar-refractivity contribution in [1.29, 1.82) is 0 Å². The third-order valence-corrected chi connectivity index (χ3v) is 3.83. The fourth-order valence-electron chi connectivity index (χ4n) is 1.62. The molecule has 0 unspecified atom stereocenters. The topological polar surface area (TPSA) is 62.2 Å². The standard InChI is InChI=1S/C13H12F2N2O2S/c1-2-7-5-17-10(20-7)6-16-9-4-3-8(13(18)19)11(14)12(9)15/h3-5,16H,2,6H2,1H3,(H,18,19). The molecular formula is C13H12F2N2O2S. The fraction of sp³-hybridized carbons (Fsp3) is 0.231. The molecular weight excluding hydrogens is 286 g/mol. The molecule has 0 amide bonds. The van der Waals surface area contributed by atoms with Gasteiger partial charge >= 0.3 is 5.97 Å². The number of nitrogens with one attached hydrogen (secondary N) is 1. The summed E-state index contributed by atoms with van der Waals surface area (Å²) in [5.74, 6) is -4.06. The molecule has 1 heterocycles. The summed E-state index contributed by atoms with van der Waals surface area (Å²) < 4.78 is 27.2. The van der Waals surface area contributed by atoms with Gasteiger partial charge in [0.15, 0.2) is 11.6 Å². The van der Waals surface area contributed by atoms with Gasteiger partial charge in [0.05, 0.1) is 17.8 Å². The maximum Gasteiger partial charge on any atom is 0.338 e. The Hall–Kier alpha value is -2.02. The van der Waals surface area contributed by atoms with Gasteiger partial charge in [-0.3, -0.25) is 0 Å². The Bertz CT molecular complexity index is 643. The molecule has 1 aromatic heterocycles. The Morgan fingerprint density at radius 1 is 1.40 bits per heavy atom. The molecule has 4 nitrogen and oxygen atoms in total.